The quantitative estimate of drug-likeness (QED) is 0.718. The van der Waals surface area contributed by atoms with Gasteiger partial charge in [0.2, 0.25) is 0 Å². The van der Waals surface area contributed by atoms with E-state index in [1.807, 2.05) is 6.92 Å². The number of rotatable bonds is 2. The molecule has 2 aliphatic carbocycles. The lowest BCUT2D eigenvalue weighted by Crippen LogP contribution is -2.59. The Hall–Kier alpha value is -0.860. The van der Waals surface area contributed by atoms with Crippen molar-refractivity contribution in [2.45, 2.75) is 92.3 Å². The van der Waals surface area contributed by atoms with Gasteiger partial charge in [-0.3, -0.25) is 0 Å². The molecule has 2 unspecified atom stereocenters. The van der Waals surface area contributed by atoms with Crippen molar-refractivity contribution in [1.29, 1.82) is 0 Å². The molecule has 146 valence electrons. The van der Waals surface area contributed by atoms with Gasteiger partial charge in [-0.25, -0.2) is 0 Å². The second-order valence-corrected chi connectivity index (χ2v) is 10.5. The predicted octanol–water partition coefficient (Wildman–Crippen LogP) is 5.64. The zero-order valence-corrected chi connectivity index (χ0v) is 17.8. The van der Waals surface area contributed by atoms with Gasteiger partial charge in [0.25, 0.3) is 0 Å². The highest BCUT2D eigenvalue weighted by Crippen LogP contribution is 2.64. The molecule has 0 heterocycles. The van der Waals surface area contributed by atoms with E-state index in [0.29, 0.717) is 5.92 Å². The summed E-state index contributed by atoms with van der Waals surface area (Å²) in [5.74, 6) is 0.420. The van der Waals surface area contributed by atoms with Gasteiger partial charge in [0.05, 0.1) is 11.7 Å². The normalized spacial score (nSPS) is 37.9. The van der Waals surface area contributed by atoms with Crippen molar-refractivity contribution in [3.8, 4) is 0 Å². The van der Waals surface area contributed by atoms with Crippen LogP contribution in [0.5, 0.6) is 0 Å². The highest BCUT2D eigenvalue weighted by Gasteiger charge is 2.60. The summed E-state index contributed by atoms with van der Waals surface area (Å²) in [6, 6.07) is 4.31. The van der Waals surface area contributed by atoms with E-state index >= 15 is 0 Å². The van der Waals surface area contributed by atoms with E-state index in [1.165, 1.54) is 29.5 Å². The molecule has 0 radical (unpaired) electrons. The van der Waals surface area contributed by atoms with Crippen LogP contribution in [0.1, 0.15) is 88.2 Å². The van der Waals surface area contributed by atoms with Crippen LogP contribution in [0, 0.1) is 43.4 Å². The SMILES string of the molecule is Cc1cc(C)c(C)c(C(O)[C@@H]2[C@@]3(C)CCCC(C)(C)C3CC[C@@]2(C)O)c1. The summed E-state index contributed by atoms with van der Waals surface area (Å²) < 4.78 is 0. The third kappa shape index (κ3) is 3.03. The zero-order valence-electron chi connectivity index (χ0n) is 17.8. The van der Waals surface area contributed by atoms with Crippen molar-refractivity contribution >= 4 is 0 Å². The predicted molar refractivity (Wildman–Crippen MR) is 108 cm³/mol. The van der Waals surface area contributed by atoms with E-state index in [1.54, 1.807) is 0 Å². The van der Waals surface area contributed by atoms with Gasteiger partial charge in [-0.2, -0.15) is 0 Å². The van der Waals surface area contributed by atoms with Crippen molar-refractivity contribution in [3.05, 3.63) is 34.4 Å². The molecule has 1 aromatic carbocycles. The topological polar surface area (TPSA) is 40.5 Å². The standard InChI is InChI=1S/C24H38O2/c1-15-13-16(2)17(3)18(14-15)20(25)21-23(6)11-8-10-22(4,5)19(23)9-12-24(21,7)26/h13-14,19-21,25-26H,8-12H2,1-7H3/t19?,20?,21-,23+,24-/m1/s1. The Morgan fingerprint density at radius 3 is 2.31 bits per heavy atom. The molecule has 2 saturated carbocycles. The molecule has 3 rings (SSSR count). The molecule has 1 aromatic rings. The summed E-state index contributed by atoms with van der Waals surface area (Å²) in [5, 5.41) is 23.0. The number of hydrogen-bond donors (Lipinski definition) is 2. The summed E-state index contributed by atoms with van der Waals surface area (Å²) >= 11 is 0. The van der Waals surface area contributed by atoms with Crippen molar-refractivity contribution in [1.82, 2.24) is 0 Å². The van der Waals surface area contributed by atoms with Gasteiger partial charge in [0, 0.05) is 5.92 Å². The molecule has 0 amide bonds. The maximum absolute atomic E-state index is 11.6. The number of hydrogen-bond acceptors (Lipinski definition) is 2. The molecule has 2 heteroatoms. The first-order chi connectivity index (χ1) is 11.9. The molecule has 2 fully saturated rings. The van der Waals surface area contributed by atoms with Crippen LogP contribution in [0.25, 0.3) is 0 Å². The van der Waals surface area contributed by atoms with Gasteiger partial charge in [0.1, 0.15) is 0 Å². The lowest BCUT2D eigenvalue weighted by atomic mass is 9.44. The molecule has 2 nitrogen and oxygen atoms in total. The molecule has 0 aliphatic heterocycles. The van der Waals surface area contributed by atoms with Crippen molar-refractivity contribution in [2.24, 2.45) is 22.7 Å². The molecular formula is C24H38O2. The number of benzene rings is 1. The largest absolute Gasteiger partial charge is 0.390 e. The highest BCUT2D eigenvalue weighted by molar-refractivity contribution is 5.39. The van der Waals surface area contributed by atoms with Gasteiger partial charge in [0.15, 0.2) is 0 Å². The van der Waals surface area contributed by atoms with Crippen LogP contribution in [0.15, 0.2) is 12.1 Å². The Kier molecular flexibility index (Phi) is 4.85. The second kappa shape index (κ2) is 6.34. The van der Waals surface area contributed by atoms with Crippen LogP contribution in [-0.2, 0) is 0 Å². The van der Waals surface area contributed by atoms with E-state index in [0.717, 1.165) is 24.8 Å². The summed E-state index contributed by atoms with van der Waals surface area (Å²) in [6.07, 6.45) is 4.76. The van der Waals surface area contributed by atoms with Crippen LogP contribution in [0.3, 0.4) is 0 Å². The minimum Gasteiger partial charge on any atom is -0.390 e. The van der Waals surface area contributed by atoms with Crippen molar-refractivity contribution in [3.63, 3.8) is 0 Å². The van der Waals surface area contributed by atoms with Crippen LogP contribution >= 0.6 is 0 Å². The van der Waals surface area contributed by atoms with E-state index in [9.17, 15) is 10.2 Å². The fourth-order valence-corrected chi connectivity index (χ4v) is 6.82. The van der Waals surface area contributed by atoms with Crippen molar-refractivity contribution < 1.29 is 10.2 Å². The van der Waals surface area contributed by atoms with Crippen LogP contribution in [-0.4, -0.2) is 15.8 Å². The summed E-state index contributed by atoms with van der Waals surface area (Å²) in [5.41, 5.74) is 4.00. The van der Waals surface area contributed by atoms with Gasteiger partial charge in [-0.1, -0.05) is 44.9 Å². The fourth-order valence-electron chi connectivity index (χ4n) is 6.82. The van der Waals surface area contributed by atoms with Crippen LogP contribution in [0.4, 0.5) is 0 Å². The molecule has 0 bridgehead atoms. The average Bonchev–Trinajstić information content (AvgIpc) is 2.48. The molecule has 0 saturated heterocycles. The van der Waals surface area contributed by atoms with Crippen LogP contribution in [0.2, 0.25) is 0 Å². The molecular weight excluding hydrogens is 320 g/mol. The first-order valence-electron chi connectivity index (χ1n) is 10.4. The molecule has 0 aromatic heterocycles. The molecule has 0 spiro atoms. The number of fused-ring (bicyclic) bond motifs is 1. The number of aliphatic hydroxyl groups is 2. The van der Waals surface area contributed by atoms with Gasteiger partial charge < -0.3 is 10.2 Å². The Balaban J connectivity index is 2.11. The highest BCUT2D eigenvalue weighted by atomic mass is 16.3. The third-order valence-corrected chi connectivity index (χ3v) is 8.08. The lowest BCUT2D eigenvalue weighted by molar-refractivity contribution is -0.201. The van der Waals surface area contributed by atoms with Crippen LogP contribution < -0.4 is 0 Å². The minimum absolute atomic E-state index is 0.0347. The number of aliphatic hydroxyl groups excluding tert-OH is 1. The average molecular weight is 359 g/mol. The van der Waals surface area contributed by atoms with Gasteiger partial charge >= 0.3 is 0 Å². The second-order valence-electron chi connectivity index (χ2n) is 10.5. The Bertz CT molecular complexity index is 688. The zero-order chi connectivity index (χ0) is 19.5. The Labute approximate surface area is 160 Å². The first-order valence-corrected chi connectivity index (χ1v) is 10.4. The van der Waals surface area contributed by atoms with E-state index in [-0.39, 0.29) is 16.7 Å². The third-order valence-electron chi connectivity index (χ3n) is 8.08. The molecule has 2 aliphatic rings. The number of aryl methyl sites for hydroxylation is 2. The van der Waals surface area contributed by atoms with Gasteiger partial charge in [-0.05, 0) is 86.8 Å². The van der Waals surface area contributed by atoms with E-state index < -0.39 is 11.7 Å². The molecule has 5 atom stereocenters. The van der Waals surface area contributed by atoms with E-state index in [4.69, 9.17) is 0 Å². The lowest BCUT2D eigenvalue weighted by Gasteiger charge is -2.62. The monoisotopic (exact) mass is 358 g/mol. The summed E-state index contributed by atoms with van der Waals surface area (Å²) in [4.78, 5) is 0. The molecule has 26 heavy (non-hydrogen) atoms. The minimum atomic E-state index is -0.831. The smallest absolute Gasteiger partial charge is 0.0853 e. The summed E-state index contributed by atoms with van der Waals surface area (Å²) in [7, 11) is 0. The fraction of sp³-hybridized carbons (Fsp3) is 0.750. The van der Waals surface area contributed by atoms with Gasteiger partial charge in [-0.15, -0.1) is 0 Å². The first kappa shape index (κ1) is 19.9. The maximum Gasteiger partial charge on any atom is 0.0853 e. The Morgan fingerprint density at radius 1 is 1.00 bits per heavy atom. The maximum atomic E-state index is 11.6. The Morgan fingerprint density at radius 2 is 1.65 bits per heavy atom. The molecule has 2 N–H and O–H groups in total. The van der Waals surface area contributed by atoms with E-state index in [2.05, 4.69) is 53.7 Å². The summed E-state index contributed by atoms with van der Waals surface area (Å²) in [6.45, 7) is 15.4. The van der Waals surface area contributed by atoms with Crippen molar-refractivity contribution in [2.75, 3.05) is 0 Å².